The molecule has 2 rings (SSSR count). The third kappa shape index (κ3) is 3.22. The van der Waals surface area contributed by atoms with E-state index in [9.17, 15) is 5.11 Å². The summed E-state index contributed by atoms with van der Waals surface area (Å²) in [6.07, 6.45) is 1.40. The van der Waals surface area contributed by atoms with Gasteiger partial charge in [-0.3, -0.25) is 4.68 Å². The van der Waals surface area contributed by atoms with E-state index in [4.69, 9.17) is 0 Å². The van der Waals surface area contributed by atoms with Gasteiger partial charge in [0.1, 0.15) is 0 Å². The summed E-state index contributed by atoms with van der Waals surface area (Å²) in [7, 11) is 1.93. The summed E-state index contributed by atoms with van der Waals surface area (Å²) in [6, 6.07) is 6.21. The molecule has 0 aliphatic rings. The normalized spacial score (nSPS) is 14.2. The molecular weight excluding hydrogens is 328 g/mol. The minimum absolute atomic E-state index is 0.529. The molecule has 3 nitrogen and oxygen atoms in total. The summed E-state index contributed by atoms with van der Waals surface area (Å²) in [6.45, 7) is 8.05. The summed E-state index contributed by atoms with van der Waals surface area (Å²) < 4.78 is 2.88. The summed E-state index contributed by atoms with van der Waals surface area (Å²) in [5.74, 6) is 0. The van der Waals surface area contributed by atoms with Gasteiger partial charge in [-0.2, -0.15) is 5.10 Å². The SMILES string of the molecule is CCc1nn(C)c(CC(C)(O)c2cc(C)ccc2C)c1Br. The van der Waals surface area contributed by atoms with Crippen LogP contribution in [0, 0.1) is 13.8 Å². The Bertz CT molecular complexity index is 659. The molecule has 0 spiro atoms. The molecule has 1 heterocycles. The largest absolute Gasteiger partial charge is 0.385 e. The van der Waals surface area contributed by atoms with Crippen molar-refractivity contribution in [3.05, 3.63) is 50.8 Å². The highest BCUT2D eigenvalue weighted by atomic mass is 79.9. The average molecular weight is 351 g/mol. The van der Waals surface area contributed by atoms with E-state index in [1.54, 1.807) is 0 Å². The maximum atomic E-state index is 11.0. The standard InChI is InChI=1S/C17H23BrN2O/c1-6-14-16(18)15(20(5)19-14)10-17(4,21)13-9-11(2)7-8-12(13)3/h7-9,21H,6,10H2,1-5H3. The molecule has 2 aromatic rings. The van der Waals surface area contributed by atoms with Crippen molar-refractivity contribution in [3.63, 3.8) is 0 Å². The highest BCUT2D eigenvalue weighted by Crippen LogP contribution is 2.32. The number of nitrogens with zero attached hydrogens (tertiary/aromatic N) is 2. The molecule has 0 radical (unpaired) electrons. The Labute approximate surface area is 135 Å². The van der Waals surface area contributed by atoms with E-state index in [0.29, 0.717) is 6.42 Å². The minimum Gasteiger partial charge on any atom is -0.385 e. The Kier molecular flexibility index (Phi) is 4.59. The van der Waals surface area contributed by atoms with Gasteiger partial charge in [0.2, 0.25) is 0 Å². The first-order valence-corrected chi connectivity index (χ1v) is 8.06. The van der Waals surface area contributed by atoms with E-state index < -0.39 is 5.60 Å². The molecule has 1 aromatic heterocycles. The van der Waals surface area contributed by atoms with Crippen molar-refractivity contribution in [1.29, 1.82) is 0 Å². The summed E-state index contributed by atoms with van der Waals surface area (Å²) in [4.78, 5) is 0. The lowest BCUT2D eigenvalue weighted by molar-refractivity contribution is 0.0547. The second-order valence-corrected chi connectivity index (χ2v) is 6.75. The third-order valence-electron chi connectivity index (χ3n) is 3.99. The monoisotopic (exact) mass is 350 g/mol. The molecule has 0 saturated heterocycles. The Morgan fingerprint density at radius 1 is 1.33 bits per heavy atom. The van der Waals surface area contributed by atoms with Gasteiger partial charge in [0.15, 0.2) is 0 Å². The van der Waals surface area contributed by atoms with Crippen molar-refractivity contribution >= 4 is 15.9 Å². The zero-order chi connectivity index (χ0) is 15.8. The topological polar surface area (TPSA) is 38.0 Å². The molecule has 0 aliphatic heterocycles. The van der Waals surface area contributed by atoms with Gasteiger partial charge in [0.05, 0.1) is 21.5 Å². The summed E-state index contributed by atoms with van der Waals surface area (Å²) >= 11 is 3.63. The maximum Gasteiger partial charge on any atom is 0.0926 e. The fourth-order valence-corrected chi connectivity index (χ4v) is 3.51. The second-order valence-electron chi connectivity index (χ2n) is 5.95. The van der Waals surface area contributed by atoms with Gasteiger partial charge in [-0.25, -0.2) is 0 Å². The summed E-state index contributed by atoms with van der Waals surface area (Å²) in [5, 5.41) is 15.5. The zero-order valence-electron chi connectivity index (χ0n) is 13.4. The predicted molar refractivity (Wildman–Crippen MR) is 89.5 cm³/mol. The Morgan fingerprint density at radius 2 is 2.00 bits per heavy atom. The van der Waals surface area contributed by atoms with Crippen molar-refractivity contribution < 1.29 is 5.11 Å². The quantitative estimate of drug-likeness (QED) is 0.910. The van der Waals surface area contributed by atoms with Crippen molar-refractivity contribution in [1.82, 2.24) is 9.78 Å². The molecule has 114 valence electrons. The van der Waals surface area contributed by atoms with E-state index >= 15 is 0 Å². The van der Waals surface area contributed by atoms with Crippen molar-refractivity contribution in [2.24, 2.45) is 7.05 Å². The number of hydrogen-bond acceptors (Lipinski definition) is 2. The lowest BCUT2D eigenvalue weighted by Gasteiger charge is -2.26. The second kappa shape index (κ2) is 5.93. The number of rotatable bonds is 4. The molecule has 0 aliphatic carbocycles. The van der Waals surface area contributed by atoms with Gasteiger partial charge in [-0.1, -0.05) is 30.7 Å². The van der Waals surface area contributed by atoms with E-state index in [2.05, 4.69) is 46.2 Å². The lowest BCUT2D eigenvalue weighted by Crippen LogP contribution is -2.27. The van der Waals surface area contributed by atoms with Gasteiger partial charge in [0, 0.05) is 13.5 Å². The fraction of sp³-hybridized carbons (Fsp3) is 0.471. The van der Waals surface area contributed by atoms with E-state index in [-0.39, 0.29) is 0 Å². The molecule has 0 bridgehead atoms. The van der Waals surface area contributed by atoms with E-state index in [1.807, 2.05) is 32.5 Å². The first-order chi connectivity index (χ1) is 9.76. The molecular formula is C17H23BrN2O. The number of hydrogen-bond donors (Lipinski definition) is 1. The van der Waals surface area contributed by atoms with Crippen LogP contribution < -0.4 is 0 Å². The highest BCUT2D eigenvalue weighted by molar-refractivity contribution is 9.10. The first kappa shape index (κ1) is 16.2. The van der Waals surface area contributed by atoms with Crippen molar-refractivity contribution in [2.45, 2.75) is 46.1 Å². The van der Waals surface area contributed by atoms with Crippen LogP contribution in [0.1, 0.15) is 41.9 Å². The van der Waals surface area contributed by atoms with Crippen LogP contribution in [0.5, 0.6) is 0 Å². The van der Waals surface area contributed by atoms with Crippen LogP contribution in [0.15, 0.2) is 22.7 Å². The van der Waals surface area contributed by atoms with Crippen LogP contribution in [-0.4, -0.2) is 14.9 Å². The van der Waals surface area contributed by atoms with Gasteiger partial charge in [0.25, 0.3) is 0 Å². The molecule has 1 aromatic carbocycles. The van der Waals surface area contributed by atoms with Crippen molar-refractivity contribution in [2.75, 3.05) is 0 Å². The summed E-state index contributed by atoms with van der Waals surface area (Å²) in [5.41, 5.74) is 4.39. The van der Waals surface area contributed by atoms with E-state index in [1.165, 1.54) is 0 Å². The number of aliphatic hydroxyl groups is 1. The fourth-order valence-electron chi connectivity index (χ4n) is 2.75. The lowest BCUT2D eigenvalue weighted by atomic mass is 9.87. The zero-order valence-corrected chi connectivity index (χ0v) is 15.0. The highest BCUT2D eigenvalue weighted by Gasteiger charge is 2.28. The molecule has 4 heteroatoms. The van der Waals surface area contributed by atoms with Crippen LogP contribution in [0.2, 0.25) is 0 Å². The number of aromatic nitrogens is 2. The number of halogens is 1. The Morgan fingerprint density at radius 3 is 2.57 bits per heavy atom. The van der Waals surface area contributed by atoms with Crippen LogP contribution >= 0.6 is 15.9 Å². The Hall–Kier alpha value is -1.13. The molecule has 0 saturated carbocycles. The number of benzene rings is 1. The molecule has 1 unspecified atom stereocenters. The van der Waals surface area contributed by atoms with E-state index in [0.717, 1.165) is 39.0 Å². The first-order valence-electron chi connectivity index (χ1n) is 7.26. The number of aryl methyl sites for hydroxylation is 4. The van der Waals surface area contributed by atoms with Gasteiger partial charge < -0.3 is 5.11 Å². The molecule has 1 atom stereocenters. The maximum absolute atomic E-state index is 11.0. The molecule has 0 amide bonds. The molecule has 0 fully saturated rings. The van der Waals surface area contributed by atoms with Crippen LogP contribution in [0.4, 0.5) is 0 Å². The smallest absolute Gasteiger partial charge is 0.0926 e. The van der Waals surface area contributed by atoms with Crippen LogP contribution in [0.25, 0.3) is 0 Å². The molecule has 1 N–H and O–H groups in total. The predicted octanol–water partition coefficient (Wildman–Crippen LogP) is 3.81. The average Bonchev–Trinajstić information content (AvgIpc) is 2.68. The van der Waals surface area contributed by atoms with Gasteiger partial charge in [-0.05, 0) is 54.2 Å². The Balaban J connectivity index is 2.42. The minimum atomic E-state index is -0.919. The molecule has 21 heavy (non-hydrogen) atoms. The van der Waals surface area contributed by atoms with Crippen LogP contribution in [-0.2, 0) is 25.5 Å². The van der Waals surface area contributed by atoms with Gasteiger partial charge >= 0.3 is 0 Å². The third-order valence-corrected chi connectivity index (χ3v) is 4.90. The van der Waals surface area contributed by atoms with Gasteiger partial charge in [-0.15, -0.1) is 0 Å². The van der Waals surface area contributed by atoms with Crippen molar-refractivity contribution in [3.8, 4) is 0 Å². The van der Waals surface area contributed by atoms with Crippen LogP contribution in [0.3, 0.4) is 0 Å².